The lowest BCUT2D eigenvalue weighted by atomic mass is 10.2. The summed E-state index contributed by atoms with van der Waals surface area (Å²) in [4.78, 5) is 23.6. The van der Waals surface area contributed by atoms with Gasteiger partial charge in [0.05, 0.1) is 11.3 Å². The largest absolute Gasteiger partial charge is 0.370 e. The minimum absolute atomic E-state index is 0.197. The van der Waals surface area contributed by atoms with Crippen molar-refractivity contribution >= 4 is 28.6 Å². The van der Waals surface area contributed by atoms with Crippen molar-refractivity contribution in [3.05, 3.63) is 40.4 Å². The predicted molar refractivity (Wildman–Crippen MR) is 102 cm³/mol. The van der Waals surface area contributed by atoms with Gasteiger partial charge in [-0.3, -0.25) is 9.59 Å². The molecule has 0 fully saturated rings. The van der Waals surface area contributed by atoms with Gasteiger partial charge in [0.2, 0.25) is 5.91 Å². The highest BCUT2D eigenvalue weighted by Gasteiger charge is 2.15. The normalized spacial score (nSPS) is 11.4. The van der Waals surface area contributed by atoms with E-state index < -0.39 is 0 Å². The maximum Gasteiger partial charge on any atom is 0.278 e. The predicted octanol–water partition coefficient (Wildman–Crippen LogP) is 1.21. The highest BCUT2D eigenvalue weighted by molar-refractivity contribution is 7.98. The van der Waals surface area contributed by atoms with E-state index in [1.54, 1.807) is 18.2 Å². The number of carbonyl (C=O) groups excluding carboxylic acids is 1. The first-order valence-corrected chi connectivity index (χ1v) is 9.60. The molecule has 0 saturated carbocycles. The number of aromatic nitrogens is 6. The molecule has 0 atom stereocenters. The smallest absolute Gasteiger partial charge is 0.278 e. The SMILES string of the molecule is CC(C)Cn1c(CCC(N)=O)nnc1SCn1nnc2ccccc2c1=O. The second-order valence-electron chi connectivity index (χ2n) is 6.55. The van der Waals surface area contributed by atoms with Crippen LogP contribution in [0.3, 0.4) is 0 Å². The Hall–Kier alpha value is -2.75. The molecule has 2 aromatic heterocycles. The average molecular weight is 387 g/mol. The third-order valence-corrected chi connectivity index (χ3v) is 4.82. The van der Waals surface area contributed by atoms with E-state index in [-0.39, 0.29) is 23.8 Å². The molecule has 9 nitrogen and oxygen atoms in total. The first-order chi connectivity index (χ1) is 13.0. The topological polar surface area (TPSA) is 122 Å². The van der Waals surface area contributed by atoms with Gasteiger partial charge in [0.25, 0.3) is 5.56 Å². The second kappa shape index (κ2) is 8.30. The number of thioether (sulfide) groups is 1. The minimum Gasteiger partial charge on any atom is -0.370 e. The molecule has 142 valence electrons. The zero-order valence-electron chi connectivity index (χ0n) is 15.2. The van der Waals surface area contributed by atoms with Crippen molar-refractivity contribution < 1.29 is 4.79 Å². The second-order valence-corrected chi connectivity index (χ2v) is 7.47. The lowest BCUT2D eigenvalue weighted by Crippen LogP contribution is -2.23. The van der Waals surface area contributed by atoms with Gasteiger partial charge in [0.15, 0.2) is 5.16 Å². The molecule has 3 rings (SSSR count). The van der Waals surface area contributed by atoms with Crippen molar-refractivity contribution in [3.8, 4) is 0 Å². The summed E-state index contributed by atoms with van der Waals surface area (Å²) in [5.74, 6) is 0.974. The van der Waals surface area contributed by atoms with Crippen molar-refractivity contribution in [1.82, 2.24) is 29.8 Å². The van der Waals surface area contributed by atoms with Gasteiger partial charge in [-0.05, 0) is 18.1 Å². The van der Waals surface area contributed by atoms with Gasteiger partial charge in [0, 0.05) is 19.4 Å². The van der Waals surface area contributed by atoms with Crippen LogP contribution in [0.2, 0.25) is 0 Å². The molecule has 2 heterocycles. The first kappa shape index (κ1) is 19.0. The van der Waals surface area contributed by atoms with Crippen LogP contribution in [-0.2, 0) is 23.6 Å². The maximum absolute atomic E-state index is 12.5. The van der Waals surface area contributed by atoms with Crippen LogP contribution in [0.15, 0.2) is 34.2 Å². The van der Waals surface area contributed by atoms with E-state index in [9.17, 15) is 9.59 Å². The standard InChI is InChI=1S/C17H21N7O2S/c1-11(2)9-23-15(8-7-14(18)25)20-21-17(23)27-10-24-16(26)12-5-3-4-6-13(12)19-22-24/h3-6,11H,7-10H2,1-2H3,(H2,18,25). The molecule has 0 aliphatic heterocycles. The molecule has 0 radical (unpaired) electrons. The van der Waals surface area contributed by atoms with Crippen LogP contribution in [0.4, 0.5) is 0 Å². The van der Waals surface area contributed by atoms with E-state index in [0.29, 0.717) is 40.8 Å². The fraction of sp³-hybridized carbons (Fsp3) is 0.412. The Morgan fingerprint density at radius 3 is 2.74 bits per heavy atom. The summed E-state index contributed by atoms with van der Waals surface area (Å²) in [5, 5.41) is 17.7. The van der Waals surface area contributed by atoms with Gasteiger partial charge in [-0.15, -0.1) is 15.3 Å². The van der Waals surface area contributed by atoms with Gasteiger partial charge in [-0.25, -0.2) is 0 Å². The fourth-order valence-electron chi connectivity index (χ4n) is 2.62. The van der Waals surface area contributed by atoms with Crippen molar-refractivity contribution in [2.45, 2.75) is 44.3 Å². The summed E-state index contributed by atoms with van der Waals surface area (Å²) in [5.41, 5.74) is 5.61. The van der Waals surface area contributed by atoms with E-state index in [4.69, 9.17) is 5.73 Å². The van der Waals surface area contributed by atoms with Gasteiger partial charge in [-0.2, -0.15) is 4.68 Å². The van der Waals surface area contributed by atoms with Crippen molar-refractivity contribution in [2.75, 3.05) is 0 Å². The number of fused-ring (bicyclic) bond motifs is 1. The molecule has 0 aliphatic rings. The number of aryl methyl sites for hydroxylation is 1. The number of hydrogen-bond donors (Lipinski definition) is 1. The lowest BCUT2D eigenvalue weighted by Gasteiger charge is -2.12. The van der Waals surface area contributed by atoms with Crippen molar-refractivity contribution in [1.29, 1.82) is 0 Å². The van der Waals surface area contributed by atoms with Gasteiger partial charge in [0.1, 0.15) is 11.3 Å². The molecular formula is C17H21N7O2S. The Morgan fingerprint density at radius 2 is 2.00 bits per heavy atom. The number of primary amides is 1. The summed E-state index contributed by atoms with van der Waals surface area (Å²) in [6.07, 6.45) is 0.655. The number of benzene rings is 1. The highest BCUT2D eigenvalue weighted by Crippen LogP contribution is 2.20. The molecular weight excluding hydrogens is 366 g/mol. The molecule has 27 heavy (non-hydrogen) atoms. The lowest BCUT2D eigenvalue weighted by molar-refractivity contribution is -0.118. The number of amides is 1. The van der Waals surface area contributed by atoms with Gasteiger partial charge in [-0.1, -0.05) is 43.0 Å². The molecule has 10 heteroatoms. The number of rotatable bonds is 8. The third-order valence-electron chi connectivity index (χ3n) is 3.88. The van der Waals surface area contributed by atoms with Crippen molar-refractivity contribution in [2.24, 2.45) is 11.7 Å². The first-order valence-electron chi connectivity index (χ1n) is 8.61. The molecule has 0 saturated heterocycles. The number of nitrogens with zero attached hydrogens (tertiary/aromatic N) is 6. The van der Waals surface area contributed by atoms with E-state index in [1.165, 1.54) is 16.4 Å². The van der Waals surface area contributed by atoms with Crippen LogP contribution in [0.5, 0.6) is 0 Å². The average Bonchev–Trinajstić information content (AvgIpc) is 3.00. The fourth-order valence-corrected chi connectivity index (χ4v) is 3.46. The Bertz CT molecular complexity index is 1010. The monoisotopic (exact) mass is 387 g/mol. The van der Waals surface area contributed by atoms with Crippen LogP contribution in [-0.4, -0.2) is 35.7 Å². The molecule has 0 spiro atoms. The quantitative estimate of drug-likeness (QED) is 0.576. The van der Waals surface area contributed by atoms with E-state index >= 15 is 0 Å². The number of hydrogen-bond acceptors (Lipinski definition) is 7. The van der Waals surface area contributed by atoms with Crippen molar-refractivity contribution in [3.63, 3.8) is 0 Å². The Balaban J connectivity index is 1.82. The van der Waals surface area contributed by atoms with Crippen LogP contribution in [0.1, 0.15) is 26.1 Å². The molecule has 2 N–H and O–H groups in total. The summed E-state index contributed by atoms with van der Waals surface area (Å²) in [6.45, 7) is 4.89. The molecule has 1 aromatic carbocycles. The summed E-state index contributed by atoms with van der Waals surface area (Å²) in [6, 6.07) is 7.10. The number of carbonyl (C=O) groups is 1. The van der Waals surface area contributed by atoms with Gasteiger partial charge >= 0.3 is 0 Å². The summed E-state index contributed by atoms with van der Waals surface area (Å²) in [7, 11) is 0. The number of nitrogens with two attached hydrogens (primary N) is 1. The molecule has 0 bridgehead atoms. The maximum atomic E-state index is 12.5. The van der Waals surface area contributed by atoms with E-state index in [2.05, 4.69) is 34.4 Å². The van der Waals surface area contributed by atoms with E-state index in [0.717, 1.165) is 0 Å². The zero-order valence-corrected chi connectivity index (χ0v) is 16.0. The highest BCUT2D eigenvalue weighted by atomic mass is 32.2. The summed E-state index contributed by atoms with van der Waals surface area (Å²) >= 11 is 1.35. The molecule has 3 aromatic rings. The van der Waals surface area contributed by atoms with Crippen LogP contribution in [0.25, 0.3) is 10.9 Å². The molecule has 0 aliphatic carbocycles. The molecule has 1 amide bonds. The molecule has 0 unspecified atom stereocenters. The summed E-state index contributed by atoms with van der Waals surface area (Å²) < 4.78 is 3.28. The van der Waals surface area contributed by atoms with Gasteiger partial charge < -0.3 is 10.3 Å². The third kappa shape index (κ3) is 4.51. The van der Waals surface area contributed by atoms with Crippen LogP contribution >= 0.6 is 11.8 Å². The Kier molecular flexibility index (Phi) is 5.84. The zero-order chi connectivity index (χ0) is 19.4. The minimum atomic E-state index is -0.374. The Labute approximate surface area is 160 Å². The Morgan fingerprint density at radius 1 is 1.22 bits per heavy atom. The van der Waals surface area contributed by atoms with Crippen LogP contribution < -0.4 is 11.3 Å². The van der Waals surface area contributed by atoms with E-state index in [1.807, 2.05) is 10.6 Å². The van der Waals surface area contributed by atoms with Crippen LogP contribution in [0, 0.1) is 5.92 Å².